The van der Waals surface area contributed by atoms with Crippen molar-refractivity contribution in [3.05, 3.63) is 58.7 Å². The van der Waals surface area contributed by atoms with Gasteiger partial charge in [0.15, 0.2) is 0 Å². The van der Waals surface area contributed by atoms with E-state index in [1.807, 2.05) is 0 Å². The summed E-state index contributed by atoms with van der Waals surface area (Å²) in [5.74, 6) is 0.611. The molecule has 1 aromatic rings. The summed E-state index contributed by atoms with van der Waals surface area (Å²) in [5, 5.41) is 0. The van der Waals surface area contributed by atoms with Gasteiger partial charge in [-0.15, -0.1) is 0 Å². The Hall–Kier alpha value is -1.30. The maximum atomic E-state index is 2.48. The largest absolute Gasteiger partial charge is 0.0728 e. The molecule has 3 aliphatic carbocycles. The van der Waals surface area contributed by atoms with E-state index in [1.165, 1.54) is 5.56 Å². The molecule has 0 N–H and O–H groups in total. The van der Waals surface area contributed by atoms with Gasteiger partial charge in [0.2, 0.25) is 0 Å². The zero-order valence-electron chi connectivity index (χ0n) is 12.0. The van der Waals surface area contributed by atoms with Gasteiger partial charge in [-0.2, -0.15) is 0 Å². The molecule has 0 saturated carbocycles. The minimum absolute atomic E-state index is 0.184. The van der Waals surface area contributed by atoms with Crippen molar-refractivity contribution in [1.29, 1.82) is 0 Å². The Balaban J connectivity index is 2.16. The highest BCUT2D eigenvalue weighted by molar-refractivity contribution is 5.72. The molecule has 18 heavy (non-hydrogen) atoms. The van der Waals surface area contributed by atoms with Crippen LogP contribution in [0.2, 0.25) is 0 Å². The van der Waals surface area contributed by atoms with E-state index in [9.17, 15) is 0 Å². The minimum atomic E-state index is 0.184. The standard InChI is InChI=1S/C18H22/c1-12-11-14-16(17(2,3)4)15(12)18(14,5)13-9-7-6-8-10-13/h6-12H,1-5H3. The lowest BCUT2D eigenvalue weighted by atomic mass is 9.55. The molecule has 0 aromatic heterocycles. The number of benzene rings is 1. The average Bonchev–Trinajstić information content (AvgIpc) is 2.79. The van der Waals surface area contributed by atoms with Crippen LogP contribution >= 0.6 is 0 Å². The zero-order valence-corrected chi connectivity index (χ0v) is 12.0. The number of allylic oxidation sites excluding steroid dienone is 4. The van der Waals surface area contributed by atoms with Crippen molar-refractivity contribution in [2.45, 2.75) is 40.0 Å². The summed E-state index contributed by atoms with van der Waals surface area (Å²) in [7, 11) is 0. The molecule has 0 radical (unpaired) electrons. The molecule has 0 spiro atoms. The van der Waals surface area contributed by atoms with Crippen LogP contribution in [0.3, 0.4) is 0 Å². The smallest absolute Gasteiger partial charge is 0.0394 e. The Bertz CT molecular complexity index is 551. The summed E-state index contributed by atoms with van der Waals surface area (Å²) in [6.45, 7) is 11.7. The van der Waals surface area contributed by atoms with Gasteiger partial charge >= 0.3 is 0 Å². The first-order valence-corrected chi connectivity index (χ1v) is 6.90. The van der Waals surface area contributed by atoms with Crippen LogP contribution in [0.4, 0.5) is 0 Å². The monoisotopic (exact) mass is 238 g/mol. The second-order valence-corrected chi connectivity index (χ2v) is 6.90. The summed E-state index contributed by atoms with van der Waals surface area (Å²) in [4.78, 5) is 0. The number of hydrogen-bond donors (Lipinski definition) is 0. The summed E-state index contributed by atoms with van der Waals surface area (Å²) < 4.78 is 0. The van der Waals surface area contributed by atoms with Gasteiger partial charge in [-0.3, -0.25) is 0 Å². The molecule has 0 nitrogen and oxygen atoms in total. The SMILES string of the molecule is CC1C=C2C(C(C)(C)C)=C1C2(C)c1ccccc1. The van der Waals surface area contributed by atoms with Gasteiger partial charge in [0.1, 0.15) is 0 Å². The van der Waals surface area contributed by atoms with Crippen molar-refractivity contribution >= 4 is 0 Å². The van der Waals surface area contributed by atoms with E-state index in [4.69, 9.17) is 0 Å². The van der Waals surface area contributed by atoms with Crippen molar-refractivity contribution < 1.29 is 0 Å². The van der Waals surface area contributed by atoms with Crippen LogP contribution in [0.25, 0.3) is 0 Å². The molecule has 0 heteroatoms. The summed E-state index contributed by atoms with van der Waals surface area (Å²) in [5.41, 5.74) is 6.74. The van der Waals surface area contributed by atoms with Gasteiger partial charge in [0, 0.05) is 5.41 Å². The first kappa shape index (κ1) is 11.8. The van der Waals surface area contributed by atoms with Crippen molar-refractivity contribution in [1.82, 2.24) is 0 Å². The summed E-state index contributed by atoms with van der Waals surface area (Å²) >= 11 is 0. The molecule has 0 aliphatic heterocycles. The van der Waals surface area contributed by atoms with E-state index in [0.29, 0.717) is 5.92 Å². The van der Waals surface area contributed by atoms with Gasteiger partial charge in [-0.25, -0.2) is 0 Å². The number of hydrogen-bond acceptors (Lipinski definition) is 0. The fourth-order valence-electron chi connectivity index (χ4n) is 3.88. The maximum Gasteiger partial charge on any atom is 0.0394 e. The van der Waals surface area contributed by atoms with Gasteiger partial charge in [0.25, 0.3) is 0 Å². The first-order valence-electron chi connectivity index (χ1n) is 6.90. The van der Waals surface area contributed by atoms with Crippen molar-refractivity contribution in [2.75, 3.05) is 0 Å². The minimum Gasteiger partial charge on any atom is -0.0728 e. The van der Waals surface area contributed by atoms with Crippen LogP contribution in [-0.4, -0.2) is 0 Å². The number of rotatable bonds is 1. The van der Waals surface area contributed by atoms with Crippen molar-refractivity contribution in [3.8, 4) is 0 Å². The fraction of sp³-hybridized carbons (Fsp3) is 0.444. The third-order valence-electron chi connectivity index (χ3n) is 4.59. The van der Waals surface area contributed by atoms with Crippen molar-refractivity contribution in [3.63, 3.8) is 0 Å². The highest BCUT2D eigenvalue weighted by Crippen LogP contribution is 2.64. The van der Waals surface area contributed by atoms with E-state index >= 15 is 0 Å². The molecule has 3 aliphatic rings. The lowest BCUT2D eigenvalue weighted by molar-refractivity contribution is 0.436. The van der Waals surface area contributed by atoms with E-state index in [0.717, 1.165) is 0 Å². The molecule has 0 saturated heterocycles. The van der Waals surface area contributed by atoms with Crippen LogP contribution in [0.1, 0.15) is 40.2 Å². The number of fused-ring (bicyclic) bond motifs is 1. The molecular weight excluding hydrogens is 216 g/mol. The van der Waals surface area contributed by atoms with Gasteiger partial charge in [-0.1, -0.05) is 64.1 Å². The van der Waals surface area contributed by atoms with Crippen LogP contribution < -0.4 is 0 Å². The predicted octanol–water partition coefficient (Wildman–Crippen LogP) is 4.88. The van der Waals surface area contributed by atoms with Gasteiger partial charge in [-0.05, 0) is 40.5 Å². The molecule has 94 valence electrons. The second-order valence-electron chi connectivity index (χ2n) is 6.90. The average molecular weight is 238 g/mol. The molecule has 0 amide bonds. The Morgan fingerprint density at radius 1 is 1.06 bits per heavy atom. The van der Waals surface area contributed by atoms with Crippen LogP contribution in [0.15, 0.2) is 53.1 Å². The van der Waals surface area contributed by atoms with Gasteiger partial charge in [0.05, 0.1) is 0 Å². The molecular formula is C18H22. The Morgan fingerprint density at radius 3 is 2.11 bits per heavy atom. The van der Waals surface area contributed by atoms with Crippen LogP contribution in [-0.2, 0) is 5.41 Å². The Morgan fingerprint density at radius 2 is 1.67 bits per heavy atom. The summed E-state index contributed by atoms with van der Waals surface area (Å²) in [6.07, 6.45) is 2.48. The van der Waals surface area contributed by atoms with E-state index in [1.54, 1.807) is 16.7 Å². The lowest BCUT2D eigenvalue weighted by Gasteiger charge is -2.48. The van der Waals surface area contributed by atoms with Crippen LogP contribution in [0.5, 0.6) is 0 Å². The topological polar surface area (TPSA) is 0 Å². The molecule has 4 rings (SSSR count). The van der Waals surface area contributed by atoms with Crippen LogP contribution in [0, 0.1) is 11.3 Å². The summed E-state index contributed by atoms with van der Waals surface area (Å²) in [6, 6.07) is 10.9. The molecule has 2 bridgehead atoms. The third-order valence-corrected chi connectivity index (χ3v) is 4.59. The highest BCUT2D eigenvalue weighted by atomic mass is 14.6. The van der Waals surface area contributed by atoms with E-state index < -0.39 is 0 Å². The normalized spacial score (nSPS) is 30.3. The van der Waals surface area contributed by atoms with E-state index in [-0.39, 0.29) is 10.8 Å². The van der Waals surface area contributed by atoms with E-state index in [2.05, 4.69) is 71.0 Å². The van der Waals surface area contributed by atoms with Gasteiger partial charge < -0.3 is 0 Å². The molecule has 2 atom stereocenters. The molecule has 1 aromatic carbocycles. The highest BCUT2D eigenvalue weighted by Gasteiger charge is 2.55. The fourth-order valence-corrected chi connectivity index (χ4v) is 3.88. The Kier molecular flexibility index (Phi) is 2.21. The molecule has 0 heterocycles. The Labute approximate surface area is 110 Å². The third kappa shape index (κ3) is 1.27. The molecule has 2 unspecified atom stereocenters. The quantitative estimate of drug-likeness (QED) is 0.654. The predicted molar refractivity (Wildman–Crippen MR) is 77.5 cm³/mol. The second kappa shape index (κ2) is 3.38. The lowest BCUT2D eigenvalue weighted by Crippen LogP contribution is -2.39. The maximum absolute atomic E-state index is 2.48. The molecule has 0 fully saturated rings. The van der Waals surface area contributed by atoms with Crippen molar-refractivity contribution in [2.24, 2.45) is 11.3 Å². The zero-order chi connectivity index (χ0) is 13.1. The first-order chi connectivity index (χ1) is 8.37.